The number of aromatic hydroxyl groups is 1. The van der Waals surface area contributed by atoms with Crippen molar-refractivity contribution in [1.82, 2.24) is 9.97 Å². The number of fused-ring (bicyclic) bond motifs is 2. The SMILES string of the molecule is Cc1cc(C)c(C)c(N2C(c3[c-]c(Oc4cc(C)c5cc(C(C)(C)C)nc(O)c5n4)cc(C(C)(C)C)c3)=N[C@@H]3[C@@H]2CCC3(C)C)c1C.[Pt]. The van der Waals surface area contributed by atoms with Gasteiger partial charge in [0.1, 0.15) is 5.52 Å². The smallest absolute Gasteiger partial charge is 0.238 e. The molecule has 7 heteroatoms. The van der Waals surface area contributed by atoms with Crippen molar-refractivity contribution in [3.8, 4) is 17.5 Å². The van der Waals surface area contributed by atoms with Gasteiger partial charge in [-0.15, -0.1) is 17.2 Å². The first-order chi connectivity index (χ1) is 21.8. The van der Waals surface area contributed by atoms with Gasteiger partial charge in [-0.3, -0.25) is 0 Å². The normalized spacial score (nSPS) is 18.9. The second kappa shape index (κ2) is 12.3. The summed E-state index contributed by atoms with van der Waals surface area (Å²) in [5.74, 6) is 1.84. The first-order valence-electron chi connectivity index (χ1n) is 17.0. The Hall–Kier alpha value is -3.24. The van der Waals surface area contributed by atoms with Crippen molar-refractivity contribution in [3.05, 3.63) is 81.0 Å². The quantitative estimate of drug-likeness (QED) is 0.208. The summed E-state index contributed by atoms with van der Waals surface area (Å²) < 4.78 is 6.54. The van der Waals surface area contributed by atoms with Crippen LogP contribution in [0.4, 0.5) is 5.69 Å². The minimum absolute atomic E-state index is 0. The van der Waals surface area contributed by atoms with E-state index in [0.29, 0.717) is 17.1 Å². The van der Waals surface area contributed by atoms with Gasteiger partial charge in [0, 0.05) is 55.4 Å². The average Bonchev–Trinajstić information content (AvgIpc) is 3.48. The van der Waals surface area contributed by atoms with E-state index in [9.17, 15) is 5.11 Å². The number of hydrogen-bond donors (Lipinski definition) is 1. The van der Waals surface area contributed by atoms with Crippen molar-refractivity contribution >= 4 is 22.4 Å². The van der Waals surface area contributed by atoms with E-state index in [4.69, 9.17) is 14.7 Å². The Balaban J connectivity index is 0.00000451. The summed E-state index contributed by atoms with van der Waals surface area (Å²) in [4.78, 5) is 17.3. The number of nitrogens with zero attached hydrogens (tertiary/aromatic N) is 4. The van der Waals surface area contributed by atoms with Crippen molar-refractivity contribution in [2.75, 3.05) is 4.90 Å². The van der Waals surface area contributed by atoms with Crippen molar-refractivity contribution in [1.29, 1.82) is 0 Å². The molecule has 2 atom stereocenters. The van der Waals surface area contributed by atoms with Gasteiger partial charge in [0.2, 0.25) is 11.8 Å². The molecule has 1 fully saturated rings. The number of aryl methyl sites for hydroxylation is 3. The van der Waals surface area contributed by atoms with Crippen LogP contribution in [0.5, 0.6) is 17.5 Å². The van der Waals surface area contributed by atoms with Crippen LogP contribution in [0.3, 0.4) is 0 Å². The van der Waals surface area contributed by atoms with Gasteiger partial charge in [-0.2, -0.15) is 0 Å². The molecule has 0 saturated heterocycles. The van der Waals surface area contributed by atoms with Crippen LogP contribution in [0.2, 0.25) is 0 Å². The maximum absolute atomic E-state index is 11.0. The number of aliphatic imine (C=N–C) groups is 1. The van der Waals surface area contributed by atoms with Crippen LogP contribution in [0, 0.1) is 46.1 Å². The second-order valence-corrected chi connectivity index (χ2v) is 16.7. The molecule has 2 aromatic heterocycles. The molecular formula is C41H51N4O2Pt-. The van der Waals surface area contributed by atoms with Gasteiger partial charge in [0.25, 0.3) is 0 Å². The van der Waals surface area contributed by atoms with Crippen LogP contribution in [0.25, 0.3) is 10.9 Å². The Kier molecular flexibility index (Phi) is 9.21. The molecule has 4 aromatic rings. The molecule has 1 aliphatic heterocycles. The molecule has 1 aliphatic carbocycles. The Bertz CT molecular complexity index is 1920. The number of anilines is 1. The molecule has 258 valence electrons. The van der Waals surface area contributed by atoms with Crippen LogP contribution in [0.1, 0.15) is 113 Å². The molecule has 6 nitrogen and oxygen atoms in total. The Morgan fingerprint density at radius 3 is 2.10 bits per heavy atom. The molecular weight excluding hydrogens is 776 g/mol. The molecule has 2 aliphatic rings. The molecule has 2 aromatic carbocycles. The van der Waals surface area contributed by atoms with Gasteiger partial charge < -0.3 is 19.7 Å². The number of aromatic nitrogens is 2. The maximum atomic E-state index is 11.0. The Morgan fingerprint density at radius 2 is 1.50 bits per heavy atom. The number of pyridine rings is 2. The number of ether oxygens (including phenoxy) is 1. The molecule has 0 bridgehead atoms. The van der Waals surface area contributed by atoms with Crippen LogP contribution in [-0.2, 0) is 31.9 Å². The minimum atomic E-state index is -0.204. The second-order valence-electron chi connectivity index (χ2n) is 16.7. The van der Waals surface area contributed by atoms with E-state index in [1.165, 1.54) is 27.9 Å². The molecule has 6 rings (SSSR count). The largest absolute Gasteiger partial charge is 0.492 e. The third kappa shape index (κ3) is 6.30. The van der Waals surface area contributed by atoms with E-state index in [1.54, 1.807) is 0 Å². The monoisotopic (exact) mass is 826 g/mol. The summed E-state index contributed by atoms with van der Waals surface area (Å²) in [6.07, 6.45) is 2.23. The van der Waals surface area contributed by atoms with E-state index in [0.717, 1.165) is 46.4 Å². The average molecular weight is 827 g/mol. The molecule has 0 spiro atoms. The van der Waals surface area contributed by atoms with Gasteiger partial charge in [-0.05, 0) is 92.2 Å². The predicted molar refractivity (Wildman–Crippen MR) is 194 cm³/mol. The van der Waals surface area contributed by atoms with Crippen molar-refractivity contribution in [2.45, 2.75) is 126 Å². The van der Waals surface area contributed by atoms with Crippen LogP contribution in [-0.4, -0.2) is 33.0 Å². The summed E-state index contributed by atoms with van der Waals surface area (Å²) >= 11 is 0. The van der Waals surface area contributed by atoms with Gasteiger partial charge in [0.05, 0.1) is 17.6 Å². The molecule has 0 unspecified atom stereocenters. The van der Waals surface area contributed by atoms with Crippen LogP contribution < -0.4 is 9.64 Å². The van der Waals surface area contributed by atoms with E-state index >= 15 is 0 Å². The minimum Gasteiger partial charge on any atom is -0.492 e. The van der Waals surface area contributed by atoms with Crippen molar-refractivity contribution < 1.29 is 30.9 Å². The Labute approximate surface area is 301 Å². The third-order valence-corrected chi connectivity index (χ3v) is 10.5. The van der Waals surface area contributed by atoms with Gasteiger partial charge in [-0.25, -0.2) is 9.97 Å². The topological polar surface area (TPSA) is 70.8 Å². The number of benzene rings is 2. The molecule has 1 N–H and O–H groups in total. The van der Waals surface area contributed by atoms with E-state index < -0.39 is 0 Å². The fraction of sp³-hybridized carbons (Fsp3) is 0.488. The summed E-state index contributed by atoms with van der Waals surface area (Å²) in [5, 5.41) is 11.8. The number of rotatable bonds is 4. The zero-order chi connectivity index (χ0) is 34.4. The van der Waals surface area contributed by atoms with E-state index in [1.807, 2.05) is 19.1 Å². The van der Waals surface area contributed by atoms with Gasteiger partial charge in [0.15, 0.2) is 0 Å². The van der Waals surface area contributed by atoms with Crippen LogP contribution >= 0.6 is 0 Å². The first-order valence-corrected chi connectivity index (χ1v) is 17.0. The molecule has 1 saturated carbocycles. The zero-order valence-electron chi connectivity index (χ0n) is 30.9. The molecule has 0 radical (unpaired) electrons. The molecule has 3 heterocycles. The fourth-order valence-electron chi connectivity index (χ4n) is 7.30. The zero-order valence-corrected chi connectivity index (χ0v) is 33.2. The fourth-order valence-corrected chi connectivity index (χ4v) is 7.30. The van der Waals surface area contributed by atoms with Crippen LogP contribution in [0.15, 0.2) is 35.3 Å². The third-order valence-electron chi connectivity index (χ3n) is 10.5. The van der Waals surface area contributed by atoms with Gasteiger partial charge in [-0.1, -0.05) is 73.6 Å². The van der Waals surface area contributed by atoms with Gasteiger partial charge >= 0.3 is 0 Å². The maximum Gasteiger partial charge on any atom is 0.238 e. The van der Waals surface area contributed by atoms with E-state index in [2.05, 4.69) is 117 Å². The summed E-state index contributed by atoms with van der Waals surface area (Å²) in [6.45, 7) is 28.6. The molecule has 48 heavy (non-hydrogen) atoms. The predicted octanol–water partition coefficient (Wildman–Crippen LogP) is 9.89. The number of hydrogen-bond acceptors (Lipinski definition) is 6. The summed E-state index contributed by atoms with van der Waals surface area (Å²) in [6, 6.07) is 14.6. The molecule has 0 amide bonds. The van der Waals surface area contributed by atoms with Crippen molar-refractivity contribution in [3.63, 3.8) is 0 Å². The summed E-state index contributed by atoms with van der Waals surface area (Å²) in [7, 11) is 0. The van der Waals surface area contributed by atoms with Crippen molar-refractivity contribution in [2.24, 2.45) is 10.4 Å². The Morgan fingerprint density at radius 1 is 0.854 bits per heavy atom. The standard InChI is InChI=1S/C41H51N4O2.Pt/c1-22-16-23(2)26(5)35(25(22)4)45-31-14-15-41(12,13)36(31)44-37(45)27-18-28(39(6,7)8)20-29(19-27)47-33-17-24(3)30-21-32(40(9,10)11)42-38(46)34(30)43-33;/h16-18,20-21,31,36H,14-15H2,1-13H3,(H,42,46);/q-1;/t31-,36+;/m0./s1. The number of amidine groups is 1. The van der Waals surface area contributed by atoms with E-state index in [-0.39, 0.29) is 55.3 Å². The first kappa shape index (κ1) is 36.0. The summed E-state index contributed by atoms with van der Waals surface area (Å²) in [5.41, 5.74) is 10.5.